The molecule has 2 aromatic heterocycles. The summed E-state index contributed by atoms with van der Waals surface area (Å²) in [5, 5.41) is 9.72. The van der Waals surface area contributed by atoms with Gasteiger partial charge in [-0.05, 0) is 38.8 Å². The number of fused-ring (bicyclic) bond motifs is 1. The Bertz CT molecular complexity index is 1060. The molecule has 0 aliphatic carbocycles. The number of nitrogens with two attached hydrogens (primary N) is 1. The first kappa shape index (κ1) is 20.6. The molecule has 0 aliphatic heterocycles. The molecule has 0 saturated carbocycles. The van der Waals surface area contributed by atoms with E-state index in [9.17, 15) is 13.9 Å². The standard InChI is InChI=1S/C18H17F2N5O.ClH/c1-4-25-16(10-6-5-7-11(19)13(10)20)24-14-15(21)22-12(23-17(14)25)8-9-18(2,3)26;/h5-7,26H,4H2,1-3H3,(H2,21,22,23);1H. The number of rotatable bonds is 2. The van der Waals surface area contributed by atoms with Crippen LogP contribution < -0.4 is 5.73 Å². The Labute approximate surface area is 160 Å². The molecular formula is C18H18ClF2N5O. The summed E-state index contributed by atoms with van der Waals surface area (Å²) in [5.41, 5.74) is 5.38. The zero-order chi connectivity index (χ0) is 19.1. The lowest BCUT2D eigenvalue weighted by atomic mass is 10.1. The summed E-state index contributed by atoms with van der Waals surface area (Å²) in [6, 6.07) is 3.88. The monoisotopic (exact) mass is 393 g/mol. The fraction of sp³-hybridized carbons (Fsp3) is 0.278. The Hall–Kier alpha value is -2.76. The highest BCUT2D eigenvalue weighted by Crippen LogP contribution is 2.28. The van der Waals surface area contributed by atoms with E-state index in [0.717, 1.165) is 6.07 Å². The molecule has 3 rings (SSSR count). The van der Waals surface area contributed by atoms with E-state index in [0.29, 0.717) is 12.2 Å². The Balaban J connectivity index is 0.00000261. The van der Waals surface area contributed by atoms with Crippen LogP contribution >= 0.6 is 12.4 Å². The van der Waals surface area contributed by atoms with E-state index in [1.54, 1.807) is 4.57 Å². The number of hydrogen-bond donors (Lipinski definition) is 2. The number of aryl methyl sites for hydroxylation is 1. The minimum atomic E-state index is -1.21. The van der Waals surface area contributed by atoms with Gasteiger partial charge in [0.25, 0.3) is 0 Å². The highest BCUT2D eigenvalue weighted by Gasteiger charge is 2.20. The van der Waals surface area contributed by atoms with Crippen LogP contribution in [0.4, 0.5) is 14.6 Å². The molecule has 3 aromatic rings. The molecule has 0 fully saturated rings. The van der Waals surface area contributed by atoms with E-state index in [2.05, 4.69) is 26.8 Å². The minimum Gasteiger partial charge on any atom is -0.382 e. The van der Waals surface area contributed by atoms with Gasteiger partial charge >= 0.3 is 0 Å². The second-order valence-corrected chi connectivity index (χ2v) is 6.19. The van der Waals surface area contributed by atoms with Crippen LogP contribution in [-0.4, -0.2) is 30.2 Å². The lowest BCUT2D eigenvalue weighted by Gasteiger charge is -2.07. The zero-order valence-corrected chi connectivity index (χ0v) is 15.7. The average molecular weight is 394 g/mol. The summed E-state index contributed by atoms with van der Waals surface area (Å²) < 4.78 is 29.4. The number of anilines is 1. The molecule has 142 valence electrons. The van der Waals surface area contributed by atoms with Crippen molar-refractivity contribution in [3.63, 3.8) is 0 Å². The molecule has 0 radical (unpaired) electrons. The van der Waals surface area contributed by atoms with E-state index in [-0.39, 0.29) is 41.0 Å². The summed E-state index contributed by atoms with van der Waals surface area (Å²) in [5.74, 6) is 3.69. The van der Waals surface area contributed by atoms with Gasteiger partial charge in [0.1, 0.15) is 11.4 Å². The Morgan fingerprint density at radius 3 is 2.56 bits per heavy atom. The van der Waals surface area contributed by atoms with Gasteiger partial charge in [0, 0.05) is 6.54 Å². The van der Waals surface area contributed by atoms with Crippen molar-refractivity contribution in [2.75, 3.05) is 5.73 Å². The van der Waals surface area contributed by atoms with Crippen molar-refractivity contribution >= 4 is 29.4 Å². The highest BCUT2D eigenvalue weighted by atomic mass is 35.5. The molecule has 3 N–H and O–H groups in total. The number of nitrogen functional groups attached to an aromatic ring is 1. The average Bonchev–Trinajstić information content (AvgIpc) is 2.93. The number of benzene rings is 1. The number of hydrogen-bond acceptors (Lipinski definition) is 5. The van der Waals surface area contributed by atoms with E-state index in [1.165, 1.54) is 26.0 Å². The van der Waals surface area contributed by atoms with Gasteiger partial charge in [-0.1, -0.05) is 12.0 Å². The summed E-state index contributed by atoms with van der Waals surface area (Å²) in [6.45, 7) is 5.28. The van der Waals surface area contributed by atoms with Gasteiger partial charge in [0.05, 0.1) is 5.56 Å². The predicted molar refractivity (Wildman–Crippen MR) is 101 cm³/mol. The summed E-state index contributed by atoms with van der Waals surface area (Å²) >= 11 is 0. The normalized spacial score (nSPS) is 11.0. The van der Waals surface area contributed by atoms with Crippen LogP contribution in [0.3, 0.4) is 0 Å². The topological polar surface area (TPSA) is 89.9 Å². The van der Waals surface area contributed by atoms with Crippen molar-refractivity contribution in [3.05, 3.63) is 35.7 Å². The fourth-order valence-corrected chi connectivity index (χ4v) is 2.47. The van der Waals surface area contributed by atoms with Gasteiger partial charge in [-0.25, -0.2) is 23.7 Å². The second kappa shape index (κ2) is 7.47. The van der Waals surface area contributed by atoms with Crippen LogP contribution in [0.5, 0.6) is 0 Å². The maximum Gasteiger partial charge on any atom is 0.209 e. The van der Waals surface area contributed by atoms with Crippen LogP contribution in [0.25, 0.3) is 22.6 Å². The molecule has 6 nitrogen and oxygen atoms in total. The largest absolute Gasteiger partial charge is 0.382 e. The molecule has 0 unspecified atom stereocenters. The lowest BCUT2D eigenvalue weighted by Crippen LogP contribution is -2.14. The number of aromatic nitrogens is 4. The Morgan fingerprint density at radius 1 is 1.22 bits per heavy atom. The predicted octanol–water partition coefficient (Wildman–Crippen LogP) is 2.92. The molecular weight excluding hydrogens is 376 g/mol. The minimum absolute atomic E-state index is 0. The third-order valence-electron chi connectivity index (χ3n) is 3.61. The first-order valence-electron chi connectivity index (χ1n) is 7.95. The number of nitrogens with zero attached hydrogens (tertiary/aromatic N) is 4. The fourth-order valence-electron chi connectivity index (χ4n) is 2.47. The SMILES string of the molecule is CCn1c(-c2cccc(F)c2F)nc2c(N)nc(C#CC(C)(C)O)nc21.Cl. The smallest absolute Gasteiger partial charge is 0.209 e. The van der Waals surface area contributed by atoms with Crippen molar-refractivity contribution in [2.45, 2.75) is 32.9 Å². The maximum absolute atomic E-state index is 14.2. The number of halogens is 3. The van der Waals surface area contributed by atoms with E-state index in [4.69, 9.17) is 5.73 Å². The maximum atomic E-state index is 14.2. The van der Waals surface area contributed by atoms with Gasteiger partial charge in [-0.2, -0.15) is 0 Å². The van der Waals surface area contributed by atoms with Gasteiger partial charge in [-0.3, -0.25) is 0 Å². The molecule has 9 heteroatoms. The van der Waals surface area contributed by atoms with Gasteiger partial charge in [-0.15, -0.1) is 12.4 Å². The molecule has 0 bridgehead atoms. The quantitative estimate of drug-likeness (QED) is 0.653. The van der Waals surface area contributed by atoms with Crippen molar-refractivity contribution in [1.29, 1.82) is 0 Å². The molecule has 0 spiro atoms. The van der Waals surface area contributed by atoms with Crippen molar-refractivity contribution in [3.8, 4) is 23.2 Å². The summed E-state index contributed by atoms with van der Waals surface area (Å²) in [7, 11) is 0. The lowest BCUT2D eigenvalue weighted by molar-refractivity contribution is 0.143. The van der Waals surface area contributed by atoms with E-state index in [1.807, 2.05) is 6.92 Å². The third kappa shape index (κ3) is 3.99. The second-order valence-electron chi connectivity index (χ2n) is 6.19. The van der Waals surface area contributed by atoms with Crippen LogP contribution in [0, 0.1) is 23.5 Å². The highest BCUT2D eigenvalue weighted by molar-refractivity contribution is 5.86. The number of imidazole rings is 1. The van der Waals surface area contributed by atoms with Crippen LogP contribution in [0.15, 0.2) is 18.2 Å². The number of aliphatic hydroxyl groups is 1. The van der Waals surface area contributed by atoms with Crippen LogP contribution in [-0.2, 0) is 6.54 Å². The van der Waals surface area contributed by atoms with Gasteiger partial charge < -0.3 is 15.4 Å². The summed E-state index contributed by atoms with van der Waals surface area (Å²) in [4.78, 5) is 12.7. The molecule has 0 aliphatic rings. The zero-order valence-electron chi connectivity index (χ0n) is 14.9. The molecule has 0 saturated heterocycles. The third-order valence-corrected chi connectivity index (χ3v) is 3.61. The molecule has 1 aromatic carbocycles. The van der Waals surface area contributed by atoms with Crippen molar-refractivity contribution in [1.82, 2.24) is 19.5 Å². The van der Waals surface area contributed by atoms with E-state index < -0.39 is 17.2 Å². The van der Waals surface area contributed by atoms with Gasteiger partial charge in [0.15, 0.2) is 28.6 Å². The summed E-state index contributed by atoms with van der Waals surface area (Å²) in [6.07, 6.45) is 0. The van der Waals surface area contributed by atoms with Gasteiger partial charge in [0.2, 0.25) is 5.82 Å². The molecule has 2 heterocycles. The van der Waals surface area contributed by atoms with Crippen LogP contribution in [0.2, 0.25) is 0 Å². The van der Waals surface area contributed by atoms with Crippen molar-refractivity contribution < 1.29 is 13.9 Å². The first-order chi connectivity index (χ1) is 12.2. The Kier molecular flexibility index (Phi) is 5.68. The molecule has 0 amide bonds. The molecule has 0 atom stereocenters. The molecule has 27 heavy (non-hydrogen) atoms. The Morgan fingerprint density at radius 2 is 1.93 bits per heavy atom. The first-order valence-corrected chi connectivity index (χ1v) is 7.95. The van der Waals surface area contributed by atoms with Crippen molar-refractivity contribution in [2.24, 2.45) is 0 Å². The van der Waals surface area contributed by atoms with Crippen LogP contribution in [0.1, 0.15) is 26.6 Å². The van der Waals surface area contributed by atoms with E-state index >= 15 is 0 Å².